The molecule has 0 fully saturated rings. The Kier molecular flexibility index (Phi) is 3.45. The number of allylic oxidation sites excluding steroid dienone is 1. The van der Waals surface area contributed by atoms with E-state index in [1.54, 1.807) is 6.26 Å². The largest absolute Gasteiger partial charge is 0.478 e. The number of fused-ring (bicyclic) bond motifs is 2. The maximum atomic E-state index is 12.0. The Bertz CT molecular complexity index is 954. The maximum absolute atomic E-state index is 12.0. The van der Waals surface area contributed by atoms with Crippen LogP contribution in [0, 0.1) is 5.92 Å². The Hall–Kier alpha value is -2.88. The van der Waals surface area contributed by atoms with Crippen molar-refractivity contribution in [3.63, 3.8) is 0 Å². The third-order valence-electron chi connectivity index (χ3n) is 4.49. The number of para-hydroxylation sites is 1. The van der Waals surface area contributed by atoms with Gasteiger partial charge in [0, 0.05) is 5.39 Å². The van der Waals surface area contributed by atoms with Crippen LogP contribution in [0.3, 0.4) is 0 Å². The van der Waals surface area contributed by atoms with Crippen LogP contribution >= 0.6 is 0 Å². The Balaban J connectivity index is 2.02. The number of furan rings is 1. The number of aromatic nitrogens is 1. The summed E-state index contributed by atoms with van der Waals surface area (Å²) < 4.78 is 5.43. The number of hydrogen-bond acceptors (Lipinski definition) is 3. The zero-order valence-corrected chi connectivity index (χ0v) is 13.3. The Labute approximate surface area is 139 Å². The van der Waals surface area contributed by atoms with Crippen molar-refractivity contribution in [3.05, 3.63) is 65.2 Å². The number of aromatic carboxylic acids is 1. The highest BCUT2D eigenvalue weighted by Gasteiger charge is 2.27. The summed E-state index contributed by atoms with van der Waals surface area (Å²) in [7, 11) is 0. The molecule has 0 spiro atoms. The number of nitrogens with zero attached hydrogens (tertiary/aromatic N) is 1. The van der Waals surface area contributed by atoms with Gasteiger partial charge < -0.3 is 9.52 Å². The maximum Gasteiger partial charge on any atom is 0.336 e. The fraction of sp³-hybridized carbons (Fsp3) is 0.200. The van der Waals surface area contributed by atoms with Gasteiger partial charge in [-0.25, -0.2) is 9.78 Å². The molecule has 24 heavy (non-hydrogen) atoms. The second-order valence-electron chi connectivity index (χ2n) is 6.33. The smallest absolute Gasteiger partial charge is 0.336 e. The van der Waals surface area contributed by atoms with E-state index in [1.807, 2.05) is 42.5 Å². The highest BCUT2D eigenvalue weighted by Crippen LogP contribution is 2.38. The first kappa shape index (κ1) is 14.7. The van der Waals surface area contributed by atoms with Gasteiger partial charge in [0.25, 0.3) is 0 Å². The van der Waals surface area contributed by atoms with Gasteiger partial charge in [-0.15, -0.1) is 0 Å². The van der Waals surface area contributed by atoms with Crippen molar-refractivity contribution >= 4 is 28.5 Å². The van der Waals surface area contributed by atoms with Crippen LogP contribution in [0.5, 0.6) is 0 Å². The molecule has 0 aliphatic heterocycles. The predicted octanol–water partition coefficient (Wildman–Crippen LogP) is 4.65. The number of rotatable bonds is 2. The lowest BCUT2D eigenvalue weighted by molar-refractivity contribution is 0.0697. The average molecular weight is 319 g/mol. The molecule has 3 aromatic rings. The van der Waals surface area contributed by atoms with E-state index in [-0.39, 0.29) is 0 Å². The van der Waals surface area contributed by atoms with Crippen molar-refractivity contribution in [2.75, 3.05) is 0 Å². The normalized spacial score (nSPS) is 18.7. The minimum Gasteiger partial charge on any atom is -0.478 e. The number of carbonyl (C=O) groups is 1. The molecule has 0 amide bonds. The molecular weight excluding hydrogens is 302 g/mol. The van der Waals surface area contributed by atoms with Crippen molar-refractivity contribution in [1.29, 1.82) is 0 Å². The van der Waals surface area contributed by atoms with E-state index >= 15 is 0 Å². The van der Waals surface area contributed by atoms with Gasteiger partial charge in [-0.1, -0.05) is 25.1 Å². The molecule has 0 unspecified atom stereocenters. The van der Waals surface area contributed by atoms with Gasteiger partial charge in [-0.3, -0.25) is 0 Å². The second kappa shape index (κ2) is 5.64. The van der Waals surface area contributed by atoms with E-state index in [2.05, 4.69) is 6.92 Å². The zero-order valence-electron chi connectivity index (χ0n) is 13.3. The van der Waals surface area contributed by atoms with Crippen molar-refractivity contribution in [3.8, 4) is 0 Å². The van der Waals surface area contributed by atoms with Crippen LogP contribution in [-0.2, 0) is 6.42 Å². The lowest BCUT2D eigenvalue weighted by Gasteiger charge is -2.25. The molecule has 4 heteroatoms. The van der Waals surface area contributed by atoms with Gasteiger partial charge in [-0.05, 0) is 54.2 Å². The summed E-state index contributed by atoms with van der Waals surface area (Å²) in [5.41, 5.74) is 3.76. The Morgan fingerprint density at radius 2 is 2.08 bits per heavy atom. The molecule has 1 aromatic carbocycles. The molecule has 2 aromatic heterocycles. The zero-order chi connectivity index (χ0) is 16.7. The molecule has 0 saturated heterocycles. The summed E-state index contributed by atoms with van der Waals surface area (Å²) >= 11 is 0. The van der Waals surface area contributed by atoms with E-state index < -0.39 is 5.97 Å². The summed E-state index contributed by atoms with van der Waals surface area (Å²) in [5.74, 6) is 0.230. The van der Waals surface area contributed by atoms with E-state index in [4.69, 9.17) is 9.40 Å². The molecule has 120 valence electrons. The standard InChI is InChI=1S/C20H17NO3/c1-12-9-13(11-14-5-4-8-24-14)19-16(10-12)18(20(22)23)15-6-2-3-7-17(15)21-19/h2-8,11-12H,9-10H2,1H3,(H,22,23)/b13-11+/t12-/m1/s1. The van der Waals surface area contributed by atoms with Crippen molar-refractivity contribution in [2.45, 2.75) is 19.8 Å². The second-order valence-corrected chi connectivity index (χ2v) is 6.33. The van der Waals surface area contributed by atoms with E-state index in [1.165, 1.54) is 0 Å². The Morgan fingerprint density at radius 1 is 1.25 bits per heavy atom. The van der Waals surface area contributed by atoms with E-state index in [0.717, 1.165) is 35.4 Å². The van der Waals surface area contributed by atoms with Gasteiger partial charge in [0.05, 0.1) is 23.0 Å². The lowest BCUT2D eigenvalue weighted by atomic mass is 9.81. The third kappa shape index (κ3) is 2.40. The summed E-state index contributed by atoms with van der Waals surface area (Å²) in [6, 6.07) is 11.2. The minimum atomic E-state index is -0.892. The molecule has 1 aliphatic rings. The number of hydrogen-bond donors (Lipinski definition) is 1. The molecule has 0 saturated carbocycles. The van der Waals surface area contributed by atoms with Gasteiger partial charge in [0.1, 0.15) is 5.76 Å². The summed E-state index contributed by atoms with van der Waals surface area (Å²) in [6.45, 7) is 2.14. The number of pyridine rings is 1. The van der Waals surface area contributed by atoms with Gasteiger partial charge in [0.15, 0.2) is 0 Å². The van der Waals surface area contributed by atoms with Gasteiger partial charge >= 0.3 is 5.97 Å². The van der Waals surface area contributed by atoms with Crippen LogP contribution < -0.4 is 0 Å². The summed E-state index contributed by atoms with van der Waals surface area (Å²) in [4.78, 5) is 16.7. The van der Waals surface area contributed by atoms with E-state index in [9.17, 15) is 9.90 Å². The van der Waals surface area contributed by atoms with Crippen LogP contribution in [0.4, 0.5) is 0 Å². The van der Waals surface area contributed by atoms with Crippen LogP contribution in [0.1, 0.15) is 40.7 Å². The molecule has 4 rings (SSSR count). The average Bonchev–Trinajstić information content (AvgIpc) is 3.05. The quantitative estimate of drug-likeness (QED) is 0.747. The molecule has 0 bridgehead atoms. The number of carboxylic acids is 1. The van der Waals surface area contributed by atoms with Gasteiger partial charge in [0.2, 0.25) is 0 Å². The molecule has 0 radical (unpaired) electrons. The van der Waals surface area contributed by atoms with Crippen LogP contribution in [-0.4, -0.2) is 16.1 Å². The topological polar surface area (TPSA) is 63.3 Å². The first-order chi connectivity index (χ1) is 11.6. The van der Waals surface area contributed by atoms with Crippen LogP contribution in [0.15, 0.2) is 47.1 Å². The van der Waals surface area contributed by atoms with E-state index in [0.29, 0.717) is 22.4 Å². The fourth-order valence-corrected chi connectivity index (χ4v) is 3.53. The first-order valence-electron chi connectivity index (χ1n) is 8.03. The summed E-state index contributed by atoms with van der Waals surface area (Å²) in [6.07, 6.45) is 5.19. The fourth-order valence-electron chi connectivity index (χ4n) is 3.53. The number of carboxylic acid groups (broad SMARTS) is 1. The molecule has 1 N–H and O–H groups in total. The van der Waals surface area contributed by atoms with Crippen LogP contribution in [0.25, 0.3) is 22.6 Å². The van der Waals surface area contributed by atoms with Crippen molar-refractivity contribution < 1.29 is 14.3 Å². The van der Waals surface area contributed by atoms with Crippen molar-refractivity contribution in [1.82, 2.24) is 4.98 Å². The van der Waals surface area contributed by atoms with Crippen molar-refractivity contribution in [2.24, 2.45) is 5.92 Å². The Morgan fingerprint density at radius 3 is 2.83 bits per heavy atom. The highest BCUT2D eigenvalue weighted by molar-refractivity contribution is 6.05. The summed E-state index contributed by atoms with van der Waals surface area (Å²) in [5, 5.41) is 10.5. The molecule has 2 heterocycles. The molecule has 4 nitrogen and oxygen atoms in total. The molecular formula is C20H17NO3. The first-order valence-corrected chi connectivity index (χ1v) is 8.03. The molecule has 1 atom stereocenters. The third-order valence-corrected chi connectivity index (χ3v) is 4.49. The minimum absolute atomic E-state index is 0.361. The molecule has 1 aliphatic carbocycles. The predicted molar refractivity (Wildman–Crippen MR) is 92.8 cm³/mol. The van der Waals surface area contributed by atoms with Gasteiger partial charge in [-0.2, -0.15) is 0 Å². The lowest BCUT2D eigenvalue weighted by Crippen LogP contribution is -2.17. The number of benzene rings is 1. The van der Waals surface area contributed by atoms with Crippen LogP contribution in [0.2, 0.25) is 0 Å². The monoisotopic (exact) mass is 319 g/mol. The SMILES string of the molecule is C[C@@H]1C/C(=C\c2ccco2)c2nc3ccccc3c(C(=O)O)c2C1. The highest BCUT2D eigenvalue weighted by atomic mass is 16.4.